The molecule has 22 heavy (non-hydrogen) atoms. The minimum atomic E-state index is -0.539. The highest BCUT2D eigenvalue weighted by molar-refractivity contribution is 5.99. The van der Waals surface area contributed by atoms with E-state index in [4.69, 9.17) is 0 Å². The van der Waals surface area contributed by atoms with Crippen molar-refractivity contribution in [2.24, 2.45) is 0 Å². The van der Waals surface area contributed by atoms with Gasteiger partial charge < -0.3 is 0 Å². The van der Waals surface area contributed by atoms with Crippen LogP contribution in [-0.2, 0) is 4.79 Å². The predicted molar refractivity (Wildman–Crippen MR) is 89.4 cm³/mol. The summed E-state index contributed by atoms with van der Waals surface area (Å²) in [6, 6.07) is 5.56. The molecule has 0 heterocycles. The third-order valence-corrected chi connectivity index (χ3v) is 3.67. The normalized spacial score (nSPS) is 11.0. The summed E-state index contributed by atoms with van der Waals surface area (Å²) >= 11 is 0. The number of rotatable bonds is 3. The van der Waals surface area contributed by atoms with Crippen LogP contribution < -0.4 is 5.43 Å². The van der Waals surface area contributed by atoms with Crippen molar-refractivity contribution in [3.8, 4) is 0 Å². The first-order valence-electron chi connectivity index (χ1n) is 7.49. The van der Waals surface area contributed by atoms with Crippen LogP contribution in [0.1, 0.15) is 55.6 Å². The number of benzene rings is 1. The Morgan fingerprint density at radius 1 is 1.23 bits per heavy atom. The molecule has 1 N–H and O–H groups in total. The van der Waals surface area contributed by atoms with Gasteiger partial charge in [-0.25, -0.2) is 5.01 Å². The van der Waals surface area contributed by atoms with Crippen molar-refractivity contribution < 1.29 is 9.59 Å². The topological polar surface area (TPSA) is 49.4 Å². The Bertz CT molecular complexity index is 598. The highest BCUT2D eigenvalue weighted by Crippen LogP contribution is 2.17. The number of amides is 2. The van der Waals surface area contributed by atoms with Gasteiger partial charge in [0.25, 0.3) is 11.8 Å². The molecule has 120 valence electrons. The van der Waals surface area contributed by atoms with E-state index in [2.05, 4.69) is 12.0 Å². The lowest BCUT2D eigenvalue weighted by Crippen LogP contribution is -2.56. The summed E-state index contributed by atoms with van der Waals surface area (Å²) in [5.74, 6) is -0.540. The molecule has 0 aliphatic heterocycles. The Hall–Kier alpha value is -2.10. The number of nitrogens with zero attached hydrogens (tertiary/aromatic N) is 1. The van der Waals surface area contributed by atoms with Crippen molar-refractivity contribution >= 4 is 11.8 Å². The van der Waals surface area contributed by atoms with Gasteiger partial charge in [-0.3, -0.25) is 15.0 Å². The molecule has 2 amide bonds. The van der Waals surface area contributed by atoms with E-state index in [1.54, 1.807) is 6.07 Å². The minimum Gasteiger partial charge on any atom is -0.268 e. The Labute approximate surface area is 133 Å². The molecule has 0 aliphatic carbocycles. The van der Waals surface area contributed by atoms with Gasteiger partial charge in [-0.15, -0.1) is 0 Å². The summed E-state index contributed by atoms with van der Waals surface area (Å²) in [5.41, 5.74) is 5.20. The molecular weight excluding hydrogens is 276 g/mol. The van der Waals surface area contributed by atoms with E-state index in [0.29, 0.717) is 17.6 Å². The highest BCUT2D eigenvalue weighted by Gasteiger charge is 2.29. The zero-order valence-electron chi connectivity index (χ0n) is 14.4. The van der Waals surface area contributed by atoms with Crippen molar-refractivity contribution in [3.05, 3.63) is 47.0 Å². The van der Waals surface area contributed by atoms with Gasteiger partial charge >= 0.3 is 0 Å². The molecular formula is C18H26N2O2. The van der Waals surface area contributed by atoms with Gasteiger partial charge in [0.05, 0.1) is 5.54 Å². The molecule has 4 heteroatoms. The summed E-state index contributed by atoms with van der Waals surface area (Å²) in [6.07, 6.45) is 0.546. The van der Waals surface area contributed by atoms with Crippen molar-refractivity contribution in [3.63, 3.8) is 0 Å². The maximum Gasteiger partial charge on any atom is 0.270 e. The number of nitrogens with one attached hydrogen (secondary N) is 1. The van der Waals surface area contributed by atoms with Crippen molar-refractivity contribution in [2.45, 2.75) is 53.5 Å². The predicted octanol–water partition coefficient (Wildman–Crippen LogP) is 3.54. The van der Waals surface area contributed by atoms with Crippen LogP contribution in [0.4, 0.5) is 0 Å². The van der Waals surface area contributed by atoms with E-state index in [0.717, 1.165) is 11.1 Å². The number of carbonyl (C=O) groups is 2. The Morgan fingerprint density at radius 3 is 2.32 bits per heavy atom. The van der Waals surface area contributed by atoms with Crippen LogP contribution >= 0.6 is 0 Å². The summed E-state index contributed by atoms with van der Waals surface area (Å²) in [5, 5.41) is 1.36. The smallest absolute Gasteiger partial charge is 0.268 e. The summed E-state index contributed by atoms with van der Waals surface area (Å²) < 4.78 is 0. The number of aryl methyl sites for hydroxylation is 1. The maximum absolute atomic E-state index is 12.6. The van der Waals surface area contributed by atoms with Crippen LogP contribution in [0.25, 0.3) is 0 Å². The van der Waals surface area contributed by atoms with Crippen LogP contribution in [0.3, 0.4) is 0 Å². The van der Waals surface area contributed by atoms with E-state index < -0.39 is 5.54 Å². The standard InChI is InChI=1S/C18H26N2O2/c1-8-12(2)17(22)20(18(5,6)7)19-16(21)15-11-9-10-13(3)14(15)4/h9-11H,2,8H2,1,3-7H3,(H,19,21). The number of hydrogen-bond acceptors (Lipinski definition) is 2. The van der Waals surface area contributed by atoms with Crippen LogP contribution in [0, 0.1) is 13.8 Å². The molecule has 1 aromatic carbocycles. The first-order chi connectivity index (χ1) is 10.1. The van der Waals surface area contributed by atoms with E-state index in [1.807, 2.05) is 53.7 Å². The fourth-order valence-electron chi connectivity index (χ4n) is 1.99. The molecule has 1 aromatic rings. The highest BCUT2D eigenvalue weighted by atomic mass is 16.2. The van der Waals surface area contributed by atoms with Gasteiger partial charge in [0, 0.05) is 11.1 Å². The van der Waals surface area contributed by atoms with Crippen LogP contribution in [-0.4, -0.2) is 22.4 Å². The van der Waals surface area contributed by atoms with Gasteiger partial charge in [-0.05, 0) is 58.2 Å². The fourth-order valence-corrected chi connectivity index (χ4v) is 1.99. The van der Waals surface area contributed by atoms with Gasteiger partial charge in [-0.2, -0.15) is 0 Å². The van der Waals surface area contributed by atoms with Crippen LogP contribution in [0.5, 0.6) is 0 Å². The van der Waals surface area contributed by atoms with Gasteiger partial charge in [-0.1, -0.05) is 25.6 Å². The average Bonchev–Trinajstić information content (AvgIpc) is 2.44. The quantitative estimate of drug-likeness (QED) is 0.686. The van der Waals surface area contributed by atoms with Crippen LogP contribution in [0.2, 0.25) is 0 Å². The second kappa shape index (κ2) is 6.77. The lowest BCUT2D eigenvalue weighted by atomic mass is 10.0. The summed E-state index contributed by atoms with van der Waals surface area (Å²) in [6.45, 7) is 15.1. The number of carbonyl (C=O) groups excluding carboxylic acids is 2. The van der Waals surface area contributed by atoms with E-state index >= 15 is 0 Å². The Kier molecular flexibility index (Phi) is 5.53. The Balaban J connectivity index is 3.10. The molecule has 0 atom stereocenters. The zero-order valence-corrected chi connectivity index (χ0v) is 14.4. The molecule has 0 aromatic heterocycles. The molecule has 0 saturated heterocycles. The zero-order chi connectivity index (χ0) is 17.1. The van der Waals surface area contributed by atoms with E-state index in [-0.39, 0.29) is 11.8 Å². The second-order valence-corrected chi connectivity index (χ2v) is 6.46. The van der Waals surface area contributed by atoms with E-state index in [9.17, 15) is 9.59 Å². The van der Waals surface area contributed by atoms with Gasteiger partial charge in [0.1, 0.15) is 0 Å². The lowest BCUT2D eigenvalue weighted by Gasteiger charge is -2.36. The monoisotopic (exact) mass is 302 g/mol. The molecule has 0 bridgehead atoms. The fraction of sp³-hybridized carbons (Fsp3) is 0.444. The van der Waals surface area contributed by atoms with Gasteiger partial charge in [0.15, 0.2) is 0 Å². The molecule has 0 aliphatic rings. The van der Waals surface area contributed by atoms with Crippen molar-refractivity contribution in [2.75, 3.05) is 0 Å². The third kappa shape index (κ3) is 3.97. The summed E-state index contributed by atoms with van der Waals surface area (Å²) in [7, 11) is 0. The SMILES string of the molecule is C=C(CC)C(=O)N(NC(=O)c1cccc(C)c1C)C(C)(C)C. The lowest BCUT2D eigenvalue weighted by molar-refractivity contribution is -0.135. The summed E-state index contributed by atoms with van der Waals surface area (Å²) in [4.78, 5) is 25.0. The number of hydrogen-bond donors (Lipinski definition) is 1. The van der Waals surface area contributed by atoms with E-state index in [1.165, 1.54) is 5.01 Å². The first-order valence-corrected chi connectivity index (χ1v) is 7.49. The Morgan fingerprint density at radius 2 is 1.82 bits per heavy atom. The largest absolute Gasteiger partial charge is 0.270 e. The minimum absolute atomic E-state index is 0.256. The molecule has 0 fully saturated rings. The van der Waals surface area contributed by atoms with Crippen molar-refractivity contribution in [1.82, 2.24) is 10.4 Å². The maximum atomic E-state index is 12.6. The molecule has 0 unspecified atom stereocenters. The van der Waals surface area contributed by atoms with Gasteiger partial charge in [0.2, 0.25) is 0 Å². The first kappa shape index (κ1) is 18.0. The van der Waals surface area contributed by atoms with Crippen LogP contribution in [0.15, 0.2) is 30.4 Å². The molecule has 0 spiro atoms. The number of hydrazine groups is 1. The molecule has 4 nitrogen and oxygen atoms in total. The third-order valence-electron chi connectivity index (χ3n) is 3.67. The average molecular weight is 302 g/mol. The molecule has 0 radical (unpaired) electrons. The second-order valence-electron chi connectivity index (χ2n) is 6.46. The van der Waals surface area contributed by atoms with Crippen molar-refractivity contribution in [1.29, 1.82) is 0 Å². The molecule has 0 saturated carbocycles. The molecule has 1 rings (SSSR count).